The highest BCUT2D eigenvalue weighted by atomic mass is 32.2. The summed E-state index contributed by atoms with van der Waals surface area (Å²) in [5, 5.41) is 11.1. The van der Waals surface area contributed by atoms with Crippen LogP contribution < -0.4 is 4.72 Å². The molecule has 3 rings (SSSR count). The molecule has 0 bridgehead atoms. The van der Waals surface area contributed by atoms with Crippen LogP contribution in [0.25, 0.3) is 0 Å². The first-order valence-electron chi connectivity index (χ1n) is 7.51. The molecule has 0 amide bonds. The van der Waals surface area contributed by atoms with E-state index < -0.39 is 10.0 Å². The minimum atomic E-state index is -3.55. The normalized spacial score (nSPS) is 16.5. The Hall–Kier alpha value is -1.67. The number of aryl methyl sites for hydroxylation is 2. The lowest BCUT2D eigenvalue weighted by Crippen LogP contribution is -2.23. The molecule has 8 heteroatoms. The van der Waals surface area contributed by atoms with Gasteiger partial charge < -0.3 is 0 Å². The number of H-pyrrole nitrogens is 1. The number of nitrogens with zero attached hydrogens (tertiary/aromatic N) is 3. The number of aromatic amines is 1. The maximum atomic E-state index is 12.4. The second kappa shape index (κ2) is 5.85. The Bertz CT molecular complexity index is 737. The fourth-order valence-corrected chi connectivity index (χ4v) is 3.85. The van der Waals surface area contributed by atoms with Crippen molar-refractivity contribution < 1.29 is 8.42 Å². The summed E-state index contributed by atoms with van der Waals surface area (Å²) in [7, 11) is -3.55. The number of hydrogen-bond donors (Lipinski definition) is 2. The summed E-state index contributed by atoms with van der Waals surface area (Å²) in [6.45, 7) is 3.96. The first kappa shape index (κ1) is 15.2. The van der Waals surface area contributed by atoms with Crippen LogP contribution in [0.15, 0.2) is 17.3 Å². The van der Waals surface area contributed by atoms with E-state index in [0.717, 1.165) is 29.8 Å². The van der Waals surface area contributed by atoms with E-state index >= 15 is 0 Å². The summed E-state index contributed by atoms with van der Waals surface area (Å²) in [4.78, 5) is 0.221. The van der Waals surface area contributed by atoms with Gasteiger partial charge in [0.2, 0.25) is 10.0 Å². The molecule has 0 saturated heterocycles. The van der Waals surface area contributed by atoms with E-state index in [4.69, 9.17) is 0 Å². The van der Waals surface area contributed by atoms with Crippen LogP contribution in [-0.2, 0) is 16.6 Å². The number of hydrogen-bond acceptors (Lipinski definition) is 4. The second-order valence-corrected chi connectivity index (χ2v) is 7.60. The minimum absolute atomic E-state index is 0.221. The average Bonchev–Trinajstić information content (AvgIpc) is 3.18. The topological polar surface area (TPSA) is 92.7 Å². The molecular weight excluding hydrogens is 302 g/mol. The Morgan fingerprint density at radius 2 is 2.09 bits per heavy atom. The van der Waals surface area contributed by atoms with E-state index in [9.17, 15) is 8.42 Å². The molecule has 0 atom stereocenters. The molecule has 2 heterocycles. The number of aromatic nitrogens is 4. The van der Waals surface area contributed by atoms with Crippen molar-refractivity contribution in [3.63, 3.8) is 0 Å². The first-order valence-corrected chi connectivity index (χ1v) is 9.00. The van der Waals surface area contributed by atoms with Gasteiger partial charge in [0.05, 0.1) is 17.9 Å². The van der Waals surface area contributed by atoms with Crippen molar-refractivity contribution in [3.05, 3.63) is 29.3 Å². The SMILES string of the molecule is Cc1n[nH]c(C)c1CNS(=O)(=O)c1cnn(C2CCCC2)c1. The highest BCUT2D eigenvalue weighted by Crippen LogP contribution is 2.29. The van der Waals surface area contributed by atoms with Crippen LogP contribution in [0.1, 0.15) is 48.7 Å². The predicted molar refractivity (Wildman–Crippen MR) is 81.8 cm³/mol. The third-order valence-corrected chi connectivity index (χ3v) is 5.66. The van der Waals surface area contributed by atoms with Gasteiger partial charge in [-0.05, 0) is 26.7 Å². The molecule has 2 aromatic rings. The molecule has 0 spiro atoms. The van der Waals surface area contributed by atoms with Crippen LogP contribution >= 0.6 is 0 Å². The number of rotatable bonds is 5. The lowest BCUT2D eigenvalue weighted by Gasteiger charge is -2.08. The smallest absolute Gasteiger partial charge is 0.243 e. The van der Waals surface area contributed by atoms with Gasteiger partial charge in [-0.3, -0.25) is 9.78 Å². The third kappa shape index (κ3) is 2.93. The molecular formula is C14H21N5O2S. The molecule has 0 radical (unpaired) electrons. The zero-order valence-electron chi connectivity index (χ0n) is 12.8. The molecule has 0 unspecified atom stereocenters. The molecule has 0 aromatic carbocycles. The monoisotopic (exact) mass is 323 g/mol. The summed E-state index contributed by atoms with van der Waals surface area (Å²) in [5.41, 5.74) is 2.57. The fourth-order valence-electron chi connectivity index (χ4n) is 2.91. The van der Waals surface area contributed by atoms with E-state index in [1.807, 2.05) is 13.8 Å². The van der Waals surface area contributed by atoms with E-state index in [2.05, 4.69) is 20.0 Å². The quantitative estimate of drug-likeness (QED) is 0.878. The van der Waals surface area contributed by atoms with Crippen LogP contribution in [0.2, 0.25) is 0 Å². The van der Waals surface area contributed by atoms with Gasteiger partial charge in [0.25, 0.3) is 0 Å². The largest absolute Gasteiger partial charge is 0.282 e. The second-order valence-electron chi connectivity index (χ2n) is 5.83. The average molecular weight is 323 g/mol. The van der Waals surface area contributed by atoms with Crippen molar-refractivity contribution in [3.8, 4) is 0 Å². The van der Waals surface area contributed by atoms with E-state index in [1.54, 1.807) is 10.9 Å². The van der Waals surface area contributed by atoms with Crippen molar-refractivity contribution in [1.29, 1.82) is 0 Å². The fraction of sp³-hybridized carbons (Fsp3) is 0.571. The Kier molecular flexibility index (Phi) is 4.05. The molecule has 120 valence electrons. The van der Waals surface area contributed by atoms with Crippen LogP contribution in [0, 0.1) is 13.8 Å². The zero-order chi connectivity index (χ0) is 15.7. The van der Waals surface area contributed by atoms with Crippen molar-refractivity contribution in [2.24, 2.45) is 0 Å². The minimum Gasteiger partial charge on any atom is -0.282 e. The van der Waals surface area contributed by atoms with Crippen LogP contribution in [0.5, 0.6) is 0 Å². The van der Waals surface area contributed by atoms with E-state index in [0.29, 0.717) is 6.04 Å². The zero-order valence-corrected chi connectivity index (χ0v) is 13.7. The molecule has 2 aromatic heterocycles. The predicted octanol–water partition coefficient (Wildman–Crippen LogP) is 1.82. The van der Waals surface area contributed by atoms with Crippen molar-refractivity contribution >= 4 is 10.0 Å². The Labute approximate surface area is 130 Å². The van der Waals surface area contributed by atoms with Gasteiger partial charge in [-0.25, -0.2) is 13.1 Å². The van der Waals surface area contributed by atoms with Crippen molar-refractivity contribution in [2.75, 3.05) is 0 Å². The Morgan fingerprint density at radius 3 is 2.73 bits per heavy atom. The molecule has 22 heavy (non-hydrogen) atoms. The van der Waals surface area contributed by atoms with Gasteiger partial charge in [0.15, 0.2) is 0 Å². The summed E-state index contributed by atoms with van der Waals surface area (Å²) in [6.07, 6.45) is 7.57. The lowest BCUT2D eigenvalue weighted by molar-refractivity contribution is 0.466. The van der Waals surface area contributed by atoms with E-state index in [1.165, 1.54) is 19.0 Å². The molecule has 0 aliphatic heterocycles. The van der Waals surface area contributed by atoms with Gasteiger partial charge in [-0.1, -0.05) is 12.8 Å². The standard InChI is InChI=1S/C14H21N5O2S/c1-10-14(11(2)18-17-10)8-16-22(20,21)13-7-15-19(9-13)12-5-3-4-6-12/h7,9,12,16H,3-6,8H2,1-2H3,(H,17,18). The van der Waals surface area contributed by atoms with Crippen LogP contribution in [0.3, 0.4) is 0 Å². The Morgan fingerprint density at radius 1 is 1.36 bits per heavy atom. The number of sulfonamides is 1. The highest BCUT2D eigenvalue weighted by Gasteiger charge is 2.22. The Balaban J connectivity index is 1.73. The molecule has 1 saturated carbocycles. The molecule has 1 aliphatic carbocycles. The highest BCUT2D eigenvalue weighted by molar-refractivity contribution is 7.89. The third-order valence-electron chi connectivity index (χ3n) is 4.31. The maximum absolute atomic E-state index is 12.4. The van der Waals surface area contributed by atoms with Crippen LogP contribution in [-0.4, -0.2) is 28.4 Å². The maximum Gasteiger partial charge on any atom is 0.243 e. The van der Waals surface area contributed by atoms with Gasteiger partial charge in [0.1, 0.15) is 4.90 Å². The van der Waals surface area contributed by atoms with E-state index in [-0.39, 0.29) is 11.4 Å². The summed E-state index contributed by atoms with van der Waals surface area (Å²) < 4.78 is 29.2. The van der Waals surface area contributed by atoms with Crippen LogP contribution in [0.4, 0.5) is 0 Å². The lowest BCUT2D eigenvalue weighted by atomic mass is 10.2. The summed E-state index contributed by atoms with van der Waals surface area (Å²) >= 11 is 0. The molecule has 1 aliphatic rings. The molecule has 7 nitrogen and oxygen atoms in total. The van der Waals surface area contributed by atoms with Gasteiger partial charge >= 0.3 is 0 Å². The van der Waals surface area contributed by atoms with Crippen molar-refractivity contribution in [2.45, 2.75) is 57.0 Å². The number of nitrogens with one attached hydrogen (secondary N) is 2. The summed E-state index contributed by atoms with van der Waals surface area (Å²) in [6, 6.07) is 0.335. The van der Waals surface area contributed by atoms with Gasteiger partial charge in [0, 0.05) is 24.0 Å². The molecule has 2 N–H and O–H groups in total. The van der Waals surface area contributed by atoms with Crippen molar-refractivity contribution in [1.82, 2.24) is 24.7 Å². The van der Waals surface area contributed by atoms with Gasteiger partial charge in [-0.15, -0.1) is 0 Å². The molecule has 1 fully saturated rings. The van der Waals surface area contributed by atoms with Gasteiger partial charge in [-0.2, -0.15) is 10.2 Å². The summed E-state index contributed by atoms with van der Waals surface area (Å²) in [5.74, 6) is 0. The first-order chi connectivity index (χ1) is 10.5.